The molecule has 1 heterocycles. The topological polar surface area (TPSA) is 92.8 Å². The molecule has 0 unspecified atom stereocenters. The lowest BCUT2D eigenvalue weighted by Crippen LogP contribution is -2.30. The quantitative estimate of drug-likeness (QED) is 0.297. The number of anilines is 1. The van der Waals surface area contributed by atoms with Crippen LogP contribution in [0.3, 0.4) is 0 Å². The molecule has 0 atom stereocenters. The van der Waals surface area contributed by atoms with E-state index >= 15 is 0 Å². The molecule has 7 nitrogen and oxygen atoms in total. The van der Waals surface area contributed by atoms with E-state index in [0.717, 1.165) is 11.1 Å². The summed E-state index contributed by atoms with van der Waals surface area (Å²) in [7, 11) is -3.59. The fourth-order valence-electron chi connectivity index (χ4n) is 3.51. The lowest BCUT2D eigenvalue weighted by molar-refractivity contribution is 0.0528. The van der Waals surface area contributed by atoms with Crippen LogP contribution in [0.25, 0.3) is 11.1 Å². The van der Waals surface area contributed by atoms with Crippen molar-refractivity contribution in [2.75, 3.05) is 31.6 Å². The number of nitrogens with one attached hydrogen (secondary N) is 1. The van der Waals surface area contributed by atoms with Crippen molar-refractivity contribution < 1.29 is 22.7 Å². The zero-order chi connectivity index (χ0) is 24.7. The summed E-state index contributed by atoms with van der Waals surface area (Å²) in [4.78, 5) is 25.6. The third kappa shape index (κ3) is 5.55. The highest BCUT2D eigenvalue weighted by atomic mass is 32.2. The third-order valence-electron chi connectivity index (χ3n) is 5.28. The summed E-state index contributed by atoms with van der Waals surface area (Å²) < 4.78 is 31.9. The monoisotopic (exact) mass is 500 g/mol. The van der Waals surface area contributed by atoms with Gasteiger partial charge in [0.15, 0.2) is 5.78 Å². The van der Waals surface area contributed by atoms with E-state index in [1.165, 1.54) is 39.9 Å². The van der Waals surface area contributed by atoms with Crippen molar-refractivity contribution in [3.05, 3.63) is 71.1 Å². The molecule has 0 saturated heterocycles. The maximum Gasteiger partial charge on any atom is 0.341 e. The summed E-state index contributed by atoms with van der Waals surface area (Å²) in [5, 5.41) is 5.47. The van der Waals surface area contributed by atoms with Gasteiger partial charge in [-0.1, -0.05) is 44.2 Å². The highest BCUT2D eigenvalue weighted by Gasteiger charge is 2.23. The second-order valence-electron chi connectivity index (χ2n) is 7.33. The number of Topliss-reactive ketones (excluding diaryl/α,β-unsaturated/α-hetero) is 1. The molecule has 9 heteroatoms. The number of esters is 1. The predicted molar refractivity (Wildman–Crippen MR) is 135 cm³/mol. The summed E-state index contributed by atoms with van der Waals surface area (Å²) in [6, 6.07) is 15.4. The fourth-order valence-corrected chi connectivity index (χ4v) is 5.93. The summed E-state index contributed by atoms with van der Waals surface area (Å²) >= 11 is 1.33. The number of carbonyl (C=O) groups excluding carboxylic acids is 2. The molecule has 0 spiro atoms. The highest BCUT2D eigenvalue weighted by molar-refractivity contribution is 7.89. The normalized spacial score (nSPS) is 11.4. The Bertz CT molecular complexity index is 1230. The molecule has 0 radical (unpaired) electrons. The Labute approximate surface area is 204 Å². The van der Waals surface area contributed by atoms with E-state index < -0.39 is 16.0 Å². The van der Waals surface area contributed by atoms with Gasteiger partial charge in [-0.05, 0) is 36.8 Å². The van der Waals surface area contributed by atoms with Crippen molar-refractivity contribution in [2.45, 2.75) is 25.7 Å². The molecule has 180 valence electrons. The van der Waals surface area contributed by atoms with E-state index in [2.05, 4.69) is 5.32 Å². The predicted octanol–water partition coefficient (Wildman–Crippen LogP) is 4.92. The van der Waals surface area contributed by atoms with Crippen molar-refractivity contribution in [1.29, 1.82) is 0 Å². The van der Waals surface area contributed by atoms with Crippen LogP contribution in [0.1, 0.15) is 41.5 Å². The fraction of sp³-hybridized carbons (Fsp3) is 0.280. The Morgan fingerprint density at radius 2 is 1.62 bits per heavy atom. The van der Waals surface area contributed by atoms with Crippen LogP contribution in [-0.4, -0.2) is 50.7 Å². The second kappa shape index (κ2) is 11.4. The van der Waals surface area contributed by atoms with Gasteiger partial charge in [-0.25, -0.2) is 13.2 Å². The van der Waals surface area contributed by atoms with Gasteiger partial charge in [0, 0.05) is 29.6 Å². The Morgan fingerprint density at radius 1 is 0.971 bits per heavy atom. The average Bonchev–Trinajstić information content (AvgIpc) is 3.28. The zero-order valence-electron chi connectivity index (χ0n) is 19.4. The summed E-state index contributed by atoms with van der Waals surface area (Å²) in [6.07, 6.45) is 0. The van der Waals surface area contributed by atoms with Crippen LogP contribution in [0.4, 0.5) is 5.00 Å². The number of ether oxygens (including phenoxy) is 1. The maximum atomic E-state index is 12.8. The first-order valence-electron chi connectivity index (χ1n) is 11.0. The standard InChI is InChI=1S/C25H28N2O5S2/c1-4-27(5-2)34(30,31)20-14-12-19(13-15-20)22(28)16-26-24-23(25(29)32-6-3)21(17-33-24)18-10-8-7-9-11-18/h7-15,17,26H,4-6,16H2,1-3H3. The van der Waals surface area contributed by atoms with Gasteiger partial charge in [0.1, 0.15) is 10.6 Å². The number of carbonyl (C=O) groups is 2. The zero-order valence-corrected chi connectivity index (χ0v) is 21.0. The molecular formula is C25H28N2O5S2. The van der Waals surface area contributed by atoms with Gasteiger partial charge in [-0.3, -0.25) is 4.79 Å². The van der Waals surface area contributed by atoms with E-state index in [0.29, 0.717) is 29.2 Å². The third-order valence-corrected chi connectivity index (χ3v) is 8.29. The van der Waals surface area contributed by atoms with Crippen molar-refractivity contribution >= 4 is 38.1 Å². The molecule has 0 aliphatic heterocycles. The second-order valence-corrected chi connectivity index (χ2v) is 10.1. The smallest absolute Gasteiger partial charge is 0.341 e. The Balaban J connectivity index is 1.78. The highest BCUT2D eigenvalue weighted by Crippen LogP contribution is 2.36. The van der Waals surface area contributed by atoms with Crippen molar-refractivity contribution in [2.24, 2.45) is 0 Å². The first-order chi connectivity index (χ1) is 16.3. The molecule has 0 aliphatic carbocycles. The molecule has 0 fully saturated rings. The summed E-state index contributed by atoms with van der Waals surface area (Å²) in [5.74, 6) is -0.681. The van der Waals surface area contributed by atoms with E-state index in [-0.39, 0.29) is 23.8 Å². The molecule has 0 aliphatic rings. The minimum atomic E-state index is -3.59. The van der Waals surface area contributed by atoms with Crippen LogP contribution in [0.5, 0.6) is 0 Å². The van der Waals surface area contributed by atoms with Crippen LogP contribution >= 0.6 is 11.3 Å². The average molecular weight is 501 g/mol. The molecule has 1 aromatic heterocycles. The molecular weight excluding hydrogens is 472 g/mol. The van der Waals surface area contributed by atoms with Crippen LogP contribution in [0, 0.1) is 0 Å². The van der Waals surface area contributed by atoms with Gasteiger partial charge in [0.05, 0.1) is 18.0 Å². The van der Waals surface area contributed by atoms with Crippen LogP contribution in [0.15, 0.2) is 64.9 Å². The van der Waals surface area contributed by atoms with Gasteiger partial charge in [0.25, 0.3) is 0 Å². The van der Waals surface area contributed by atoms with Crippen molar-refractivity contribution in [1.82, 2.24) is 4.31 Å². The Kier molecular flexibility index (Phi) is 8.60. The number of rotatable bonds is 11. The van der Waals surface area contributed by atoms with Gasteiger partial charge in [-0.2, -0.15) is 4.31 Å². The number of sulfonamides is 1. The number of ketones is 1. The lowest BCUT2D eigenvalue weighted by atomic mass is 10.0. The van der Waals surface area contributed by atoms with Crippen LogP contribution in [0.2, 0.25) is 0 Å². The number of thiophene rings is 1. The summed E-state index contributed by atoms with van der Waals surface area (Å²) in [6.45, 7) is 6.24. The number of benzene rings is 2. The molecule has 34 heavy (non-hydrogen) atoms. The maximum absolute atomic E-state index is 12.8. The first-order valence-corrected chi connectivity index (χ1v) is 13.4. The van der Waals surface area contributed by atoms with Crippen LogP contribution in [-0.2, 0) is 14.8 Å². The van der Waals surface area contributed by atoms with Gasteiger partial charge in [-0.15, -0.1) is 11.3 Å². The van der Waals surface area contributed by atoms with Gasteiger partial charge in [0.2, 0.25) is 10.0 Å². The first kappa shape index (κ1) is 25.6. The minimum Gasteiger partial charge on any atom is -0.462 e. The lowest BCUT2D eigenvalue weighted by Gasteiger charge is -2.18. The Morgan fingerprint density at radius 3 is 2.21 bits per heavy atom. The molecule has 2 aromatic carbocycles. The van der Waals surface area contributed by atoms with E-state index in [9.17, 15) is 18.0 Å². The Hall–Kier alpha value is -3.01. The summed E-state index contributed by atoms with van der Waals surface area (Å²) in [5.41, 5.74) is 2.39. The SMILES string of the molecule is CCOC(=O)c1c(-c2ccccc2)csc1NCC(=O)c1ccc(S(=O)(=O)N(CC)CC)cc1. The van der Waals surface area contributed by atoms with E-state index in [1.54, 1.807) is 20.8 Å². The molecule has 0 amide bonds. The minimum absolute atomic E-state index is 0.0523. The van der Waals surface area contributed by atoms with Gasteiger partial charge < -0.3 is 10.1 Å². The van der Waals surface area contributed by atoms with Crippen molar-refractivity contribution in [3.8, 4) is 11.1 Å². The van der Waals surface area contributed by atoms with E-state index in [4.69, 9.17) is 4.74 Å². The number of nitrogens with zero attached hydrogens (tertiary/aromatic N) is 1. The molecule has 3 rings (SSSR count). The molecule has 1 N–H and O–H groups in total. The number of hydrogen-bond acceptors (Lipinski definition) is 7. The molecule has 0 saturated carbocycles. The van der Waals surface area contributed by atoms with Crippen LogP contribution < -0.4 is 5.32 Å². The largest absolute Gasteiger partial charge is 0.462 e. The molecule has 3 aromatic rings. The van der Waals surface area contributed by atoms with E-state index in [1.807, 2.05) is 35.7 Å². The molecule has 0 bridgehead atoms. The number of hydrogen-bond donors (Lipinski definition) is 1. The van der Waals surface area contributed by atoms with Crippen molar-refractivity contribution in [3.63, 3.8) is 0 Å². The van der Waals surface area contributed by atoms with Gasteiger partial charge >= 0.3 is 5.97 Å².